The number of hydrogen-bond donors (Lipinski definition) is 0. The van der Waals surface area contributed by atoms with Crippen molar-refractivity contribution in [3.63, 3.8) is 0 Å². The Labute approximate surface area is 183 Å². The van der Waals surface area contributed by atoms with E-state index in [-0.39, 0.29) is 11.9 Å². The zero-order chi connectivity index (χ0) is 21.4. The highest BCUT2D eigenvalue weighted by Crippen LogP contribution is 2.27. The Morgan fingerprint density at radius 2 is 1.87 bits per heavy atom. The molecule has 0 spiro atoms. The van der Waals surface area contributed by atoms with Crippen LogP contribution in [0.2, 0.25) is 5.02 Å². The van der Waals surface area contributed by atoms with E-state index in [1.54, 1.807) is 0 Å². The molecule has 0 atom stereocenters. The molecule has 5 nitrogen and oxygen atoms in total. The minimum absolute atomic E-state index is 0.0123. The van der Waals surface area contributed by atoms with Crippen LogP contribution < -0.4 is 0 Å². The van der Waals surface area contributed by atoms with E-state index in [0.29, 0.717) is 16.6 Å². The highest BCUT2D eigenvalue weighted by Gasteiger charge is 2.27. The van der Waals surface area contributed by atoms with Gasteiger partial charge in [-0.3, -0.25) is 9.36 Å². The van der Waals surface area contributed by atoms with Crippen molar-refractivity contribution in [2.24, 2.45) is 0 Å². The summed E-state index contributed by atoms with van der Waals surface area (Å²) in [7, 11) is 1.90. The molecule has 158 valence electrons. The first kappa shape index (κ1) is 20.9. The number of carbonyl (C=O) groups excluding carboxylic acids is 1. The van der Waals surface area contributed by atoms with Gasteiger partial charge in [0.05, 0.1) is 21.6 Å². The molecular weight excluding hydrogens is 396 g/mol. The highest BCUT2D eigenvalue weighted by atomic mass is 35.5. The molecule has 1 saturated heterocycles. The van der Waals surface area contributed by atoms with Crippen molar-refractivity contribution in [2.75, 3.05) is 20.1 Å². The second kappa shape index (κ2) is 8.40. The van der Waals surface area contributed by atoms with E-state index in [4.69, 9.17) is 11.6 Å². The molecule has 0 unspecified atom stereocenters. The Morgan fingerprint density at radius 1 is 1.17 bits per heavy atom. The van der Waals surface area contributed by atoms with Gasteiger partial charge in [-0.25, -0.2) is 4.98 Å². The van der Waals surface area contributed by atoms with Crippen LogP contribution in [0.5, 0.6) is 0 Å². The number of amides is 1. The van der Waals surface area contributed by atoms with Gasteiger partial charge in [0.15, 0.2) is 0 Å². The number of halogens is 1. The molecule has 3 aromatic rings. The lowest BCUT2D eigenvalue weighted by atomic mass is 10.0. The average molecular weight is 425 g/mol. The minimum Gasteiger partial charge on any atom is -0.339 e. The number of imidazole rings is 1. The van der Waals surface area contributed by atoms with E-state index in [9.17, 15) is 4.79 Å². The average Bonchev–Trinajstić information content (AvgIpc) is 3.08. The Hall–Kier alpha value is -2.37. The van der Waals surface area contributed by atoms with Crippen LogP contribution in [0.15, 0.2) is 42.5 Å². The number of carbonyl (C=O) groups is 1. The second-order valence-electron chi connectivity index (χ2n) is 8.42. The van der Waals surface area contributed by atoms with Crippen LogP contribution in [0.1, 0.15) is 42.9 Å². The molecule has 6 heteroatoms. The summed E-state index contributed by atoms with van der Waals surface area (Å²) in [6.07, 6.45) is 1.99. The highest BCUT2D eigenvalue weighted by molar-refractivity contribution is 6.34. The number of benzene rings is 2. The van der Waals surface area contributed by atoms with Gasteiger partial charge in [-0.05, 0) is 63.9 Å². The van der Waals surface area contributed by atoms with Gasteiger partial charge < -0.3 is 9.80 Å². The van der Waals surface area contributed by atoms with Crippen molar-refractivity contribution in [2.45, 2.75) is 45.7 Å². The van der Waals surface area contributed by atoms with Crippen LogP contribution in [0.25, 0.3) is 16.7 Å². The zero-order valence-corrected chi connectivity index (χ0v) is 18.9. The van der Waals surface area contributed by atoms with Crippen molar-refractivity contribution < 1.29 is 4.79 Å². The monoisotopic (exact) mass is 424 g/mol. The number of piperidine rings is 1. The van der Waals surface area contributed by atoms with E-state index < -0.39 is 0 Å². The zero-order valence-electron chi connectivity index (χ0n) is 18.1. The molecule has 0 saturated carbocycles. The smallest absolute Gasteiger partial charge is 0.255 e. The van der Waals surface area contributed by atoms with Crippen LogP contribution in [0.3, 0.4) is 0 Å². The predicted octanol–water partition coefficient (Wildman–Crippen LogP) is 4.93. The lowest BCUT2D eigenvalue weighted by Crippen LogP contribution is -2.47. The summed E-state index contributed by atoms with van der Waals surface area (Å²) in [6.45, 7) is 8.48. The van der Waals surface area contributed by atoms with Crippen LogP contribution in [-0.4, -0.2) is 57.5 Å². The number of nitrogens with zero attached hydrogens (tertiary/aromatic N) is 4. The first-order valence-electron chi connectivity index (χ1n) is 10.6. The van der Waals surface area contributed by atoms with Gasteiger partial charge in [0.25, 0.3) is 5.91 Å². The van der Waals surface area contributed by atoms with Crippen LogP contribution in [-0.2, 0) is 0 Å². The summed E-state index contributed by atoms with van der Waals surface area (Å²) >= 11 is 6.60. The Morgan fingerprint density at radius 3 is 2.53 bits per heavy atom. The molecule has 1 aliphatic heterocycles. The van der Waals surface area contributed by atoms with Crippen LogP contribution in [0, 0.1) is 6.92 Å². The quantitative estimate of drug-likeness (QED) is 0.596. The summed E-state index contributed by atoms with van der Waals surface area (Å²) in [5, 5.41) is 0.473. The van der Waals surface area contributed by atoms with Crippen molar-refractivity contribution in [3.05, 3.63) is 58.9 Å². The molecule has 2 heterocycles. The van der Waals surface area contributed by atoms with E-state index in [1.165, 1.54) is 0 Å². The number of likely N-dealkylation sites (tertiary alicyclic amines) is 1. The third kappa shape index (κ3) is 3.84. The summed E-state index contributed by atoms with van der Waals surface area (Å²) in [5.41, 5.74) is 3.44. The molecule has 30 heavy (non-hydrogen) atoms. The van der Waals surface area contributed by atoms with Crippen LogP contribution in [0.4, 0.5) is 0 Å². The summed E-state index contributed by atoms with van der Waals surface area (Å²) in [5.74, 6) is 0.877. The van der Waals surface area contributed by atoms with Crippen molar-refractivity contribution in [1.29, 1.82) is 0 Å². The first-order chi connectivity index (χ1) is 14.4. The Kier molecular flexibility index (Phi) is 5.85. The van der Waals surface area contributed by atoms with Crippen molar-refractivity contribution in [1.82, 2.24) is 19.4 Å². The van der Waals surface area contributed by atoms with E-state index in [0.717, 1.165) is 48.5 Å². The number of aryl methyl sites for hydroxylation is 1. The van der Waals surface area contributed by atoms with Gasteiger partial charge in [0, 0.05) is 37.9 Å². The maximum Gasteiger partial charge on any atom is 0.255 e. The van der Waals surface area contributed by atoms with Gasteiger partial charge in [0.2, 0.25) is 0 Å². The SMILES string of the molecule is Cc1nc2ccccc2n1-c1ccc(C(=O)N(C)C2CCN(C(C)C)CC2)c(Cl)c1. The second-order valence-corrected chi connectivity index (χ2v) is 8.83. The van der Waals surface area contributed by atoms with E-state index in [1.807, 2.05) is 61.3 Å². The fraction of sp³-hybridized carbons (Fsp3) is 0.417. The standard InChI is InChI=1S/C24H29ClN4O/c1-16(2)28-13-11-18(12-14-28)27(4)24(30)20-10-9-19(15-21(20)25)29-17(3)26-22-7-5-6-8-23(22)29/h5-10,15-16,18H,11-14H2,1-4H3. The molecule has 0 aliphatic carbocycles. The maximum atomic E-state index is 13.2. The normalized spacial score (nSPS) is 15.8. The Balaban J connectivity index is 1.56. The molecule has 0 bridgehead atoms. The lowest BCUT2D eigenvalue weighted by Gasteiger charge is -2.38. The molecular formula is C24H29ClN4O. The molecule has 0 radical (unpaired) electrons. The van der Waals surface area contributed by atoms with Gasteiger partial charge in [0.1, 0.15) is 5.82 Å². The fourth-order valence-corrected chi connectivity index (χ4v) is 4.69. The van der Waals surface area contributed by atoms with Gasteiger partial charge in [-0.2, -0.15) is 0 Å². The van der Waals surface area contributed by atoms with Crippen molar-refractivity contribution >= 4 is 28.5 Å². The maximum absolute atomic E-state index is 13.2. The minimum atomic E-state index is -0.0123. The summed E-state index contributed by atoms with van der Waals surface area (Å²) in [4.78, 5) is 22.1. The lowest BCUT2D eigenvalue weighted by molar-refractivity contribution is 0.0615. The molecule has 0 N–H and O–H groups in total. The molecule has 1 aromatic heterocycles. The van der Waals surface area contributed by atoms with E-state index in [2.05, 4.69) is 28.3 Å². The fourth-order valence-electron chi connectivity index (χ4n) is 4.43. The molecule has 1 fully saturated rings. The third-order valence-electron chi connectivity index (χ3n) is 6.27. The largest absolute Gasteiger partial charge is 0.339 e. The van der Waals surface area contributed by atoms with Gasteiger partial charge in [-0.1, -0.05) is 23.7 Å². The van der Waals surface area contributed by atoms with Gasteiger partial charge in [-0.15, -0.1) is 0 Å². The molecule has 1 aliphatic rings. The van der Waals surface area contributed by atoms with E-state index >= 15 is 0 Å². The van der Waals surface area contributed by atoms with Crippen LogP contribution >= 0.6 is 11.6 Å². The molecule has 4 rings (SSSR count). The van der Waals surface area contributed by atoms with Crippen molar-refractivity contribution in [3.8, 4) is 5.69 Å². The Bertz CT molecular complexity index is 1070. The molecule has 1 amide bonds. The number of hydrogen-bond acceptors (Lipinski definition) is 3. The third-order valence-corrected chi connectivity index (χ3v) is 6.58. The topological polar surface area (TPSA) is 41.4 Å². The number of aromatic nitrogens is 2. The van der Waals surface area contributed by atoms with Gasteiger partial charge >= 0.3 is 0 Å². The summed E-state index contributed by atoms with van der Waals surface area (Å²) in [6, 6.07) is 14.5. The summed E-state index contributed by atoms with van der Waals surface area (Å²) < 4.78 is 2.07. The molecule has 2 aromatic carbocycles. The first-order valence-corrected chi connectivity index (χ1v) is 11.0. The number of fused-ring (bicyclic) bond motifs is 1. The number of rotatable bonds is 4. The number of para-hydroxylation sites is 2. The predicted molar refractivity (Wildman–Crippen MR) is 123 cm³/mol.